The molecule has 1 saturated carbocycles. The number of fused-ring (bicyclic) bond motifs is 1. The number of halogens is 2. The van der Waals surface area contributed by atoms with Gasteiger partial charge in [0.15, 0.2) is 35.5 Å². The summed E-state index contributed by atoms with van der Waals surface area (Å²) in [6.07, 6.45) is 9.73. The molecule has 5 aromatic rings. The maximum Gasteiger partial charge on any atom is 0.410 e. The lowest BCUT2D eigenvalue weighted by Gasteiger charge is -2.43. The van der Waals surface area contributed by atoms with Crippen LogP contribution in [-0.2, 0) is 19.1 Å². The number of nitrogens with two attached hydrogens (primary N) is 1. The van der Waals surface area contributed by atoms with Crippen LogP contribution in [0.5, 0.6) is 0 Å². The van der Waals surface area contributed by atoms with Crippen molar-refractivity contribution in [3.8, 4) is 22.8 Å². The number of hydrogen-bond acceptors (Lipinski definition) is 16. The number of nitrogen functional groups attached to an aromatic ring is 1. The lowest BCUT2D eigenvalue weighted by Crippen LogP contribution is -2.54. The number of nitrogens with zero attached hydrogens (tertiary/aromatic N) is 11. The van der Waals surface area contributed by atoms with E-state index in [4.69, 9.17) is 30.1 Å². The van der Waals surface area contributed by atoms with Crippen molar-refractivity contribution < 1.29 is 37.2 Å². The number of anilines is 3. The van der Waals surface area contributed by atoms with Crippen molar-refractivity contribution in [3.63, 3.8) is 0 Å². The van der Waals surface area contributed by atoms with Gasteiger partial charge in [-0.2, -0.15) is 5.10 Å². The number of likely N-dealkylation sites (tertiary alicyclic amines) is 2. The Balaban J connectivity index is 0.676. The molecular formula is C46H54F2N14O6. The monoisotopic (exact) mass is 936 g/mol. The Bertz CT molecular complexity index is 2700. The third-order valence-electron chi connectivity index (χ3n) is 13.9. The van der Waals surface area contributed by atoms with Crippen molar-refractivity contribution in [2.24, 2.45) is 0 Å². The molecule has 4 aliphatic heterocycles. The van der Waals surface area contributed by atoms with Crippen LogP contribution in [0.25, 0.3) is 33.8 Å². The maximum absolute atomic E-state index is 15.3. The molecule has 4 saturated heterocycles. The van der Waals surface area contributed by atoms with E-state index in [0.29, 0.717) is 105 Å². The summed E-state index contributed by atoms with van der Waals surface area (Å²) in [5.41, 5.74) is 9.65. The number of imide groups is 1. The van der Waals surface area contributed by atoms with Crippen LogP contribution >= 0.6 is 0 Å². The van der Waals surface area contributed by atoms with Crippen LogP contribution in [0.1, 0.15) is 94.4 Å². The molecule has 0 bridgehead atoms. The Kier molecular flexibility index (Phi) is 12.4. The average molecular weight is 937 g/mol. The van der Waals surface area contributed by atoms with Crippen LogP contribution in [0, 0.1) is 11.6 Å². The molecule has 8 heterocycles. The van der Waals surface area contributed by atoms with E-state index in [1.54, 1.807) is 19.4 Å². The molecule has 1 aromatic carbocycles. The number of piperidine rings is 3. The topological polar surface area (TPSA) is 236 Å². The molecule has 20 nitrogen and oxygen atoms in total. The number of carbonyl (C=O) groups excluding carboxylic acids is 4. The fourth-order valence-corrected chi connectivity index (χ4v) is 9.98. The van der Waals surface area contributed by atoms with E-state index in [2.05, 4.69) is 30.7 Å². The SMILES string of the molecule is CC(C)n1nc(-c2noc(C3CC3)c2-c2ncc(C3CCN(C(=O)OCC(=O)N4CCC(N5CCN(c6c(F)cc(NC7CCC(=O)NC7=O)cc6F)CC5)CC4)CC3)cn2)c2c(N)ncnc21. The molecule has 0 spiro atoms. The van der Waals surface area contributed by atoms with Gasteiger partial charge in [-0.25, -0.2) is 38.2 Å². The van der Waals surface area contributed by atoms with Crippen molar-refractivity contribution in [2.75, 3.05) is 74.9 Å². The minimum Gasteiger partial charge on any atom is -0.439 e. The Morgan fingerprint density at radius 3 is 2.22 bits per heavy atom. The van der Waals surface area contributed by atoms with Crippen molar-refractivity contribution >= 4 is 52.0 Å². The van der Waals surface area contributed by atoms with Gasteiger partial charge in [0.25, 0.3) is 5.91 Å². The molecule has 4 amide bonds. The summed E-state index contributed by atoms with van der Waals surface area (Å²) in [7, 11) is 0. The highest BCUT2D eigenvalue weighted by Gasteiger charge is 2.37. The standard InChI is InChI=1S/C46H54F2N14O6/c1-25(2)62-44-37(42(49)52-24-53-44)38(56-62)39-36(41(68-57-39)27-3-4-27)43-50-21-28(22-51-43)26-7-11-61(12-8-26)46(66)67-23-35(64)59-13-9-30(10-14-59)58-15-17-60(18-16-58)40-31(47)19-29(20-32(40)48)54-33-5-6-34(63)55-45(33)65/h19-22,24-27,30,33,54H,3-18,23H2,1-2H3,(H2,49,52,53)(H,55,63,65). The summed E-state index contributed by atoms with van der Waals surface area (Å²) in [4.78, 5) is 75.5. The van der Waals surface area contributed by atoms with Crippen molar-refractivity contribution in [1.29, 1.82) is 0 Å². The minimum atomic E-state index is -0.751. The highest BCUT2D eigenvalue weighted by Crippen LogP contribution is 2.48. The Hall–Kier alpha value is -6.84. The van der Waals surface area contributed by atoms with Crippen molar-refractivity contribution in [2.45, 2.75) is 95.2 Å². The van der Waals surface area contributed by atoms with Crippen LogP contribution in [0.3, 0.4) is 0 Å². The zero-order valence-corrected chi connectivity index (χ0v) is 38.0. The minimum absolute atomic E-state index is 0.00685. The molecule has 1 unspecified atom stereocenters. The first kappa shape index (κ1) is 45.0. The van der Waals surface area contributed by atoms with Gasteiger partial charge in [0.05, 0.1) is 10.9 Å². The van der Waals surface area contributed by atoms with E-state index in [1.807, 2.05) is 26.2 Å². The lowest BCUT2D eigenvalue weighted by atomic mass is 9.91. The smallest absolute Gasteiger partial charge is 0.410 e. The Labute approximate surface area is 389 Å². The number of amides is 4. The Morgan fingerprint density at radius 1 is 0.868 bits per heavy atom. The zero-order chi connectivity index (χ0) is 47.2. The average Bonchev–Trinajstić information content (AvgIpc) is 3.97. The molecule has 68 heavy (non-hydrogen) atoms. The van der Waals surface area contributed by atoms with Crippen molar-refractivity contribution in [3.05, 3.63) is 53.8 Å². The molecule has 5 fully saturated rings. The van der Waals surface area contributed by atoms with Crippen LogP contribution in [0.4, 0.5) is 30.8 Å². The molecule has 10 rings (SSSR count). The number of piperazine rings is 1. The molecule has 22 heteroatoms. The highest BCUT2D eigenvalue weighted by molar-refractivity contribution is 6.02. The fourth-order valence-electron chi connectivity index (χ4n) is 9.98. The van der Waals surface area contributed by atoms with Crippen molar-refractivity contribution in [1.82, 2.24) is 54.9 Å². The molecule has 5 aliphatic rings. The molecular weight excluding hydrogens is 883 g/mol. The van der Waals surface area contributed by atoms with E-state index in [1.165, 1.54) is 18.5 Å². The van der Waals surface area contributed by atoms with Crippen LogP contribution in [-0.4, -0.2) is 144 Å². The first-order valence-electron chi connectivity index (χ1n) is 23.5. The van der Waals surface area contributed by atoms with Gasteiger partial charge in [0.1, 0.15) is 35.3 Å². The van der Waals surface area contributed by atoms with E-state index in [-0.39, 0.29) is 66.6 Å². The number of aromatic nitrogens is 7. The number of ether oxygens (including phenoxy) is 1. The van der Waals surface area contributed by atoms with Crippen LogP contribution < -0.4 is 21.3 Å². The molecule has 358 valence electrons. The van der Waals surface area contributed by atoms with Crippen LogP contribution in [0.15, 0.2) is 35.4 Å². The van der Waals surface area contributed by atoms with E-state index in [0.717, 1.165) is 37.0 Å². The predicted octanol–water partition coefficient (Wildman–Crippen LogP) is 4.60. The number of rotatable bonds is 11. The van der Waals surface area contributed by atoms with E-state index in [9.17, 15) is 19.2 Å². The summed E-state index contributed by atoms with van der Waals surface area (Å²) < 4.78 is 43.8. The fraction of sp³-hybridized carbons (Fsp3) is 0.522. The number of benzene rings is 1. The van der Waals surface area contributed by atoms with E-state index < -0.39 is 29.7 Å². The highest BCUT2D eigenvalue weighted by atomic mass is 19.1. The van der Waals surface area contributed by atoms with Gasteiger partial charge in [0, 0.05) is 94.9 Å². The molecule has 4 N–H and O–H groups in total. The predicted molar refractivity (Wildman–Crippen MR) is 243 cm³/mol. The number of hydrogen-bond donors (Lipinski definition) is 3. The largest absolute Gasteiger partial charge is 0.439 e. The van der Waals surface area contributed by atoms with Gasteiger partial charge in [-0.05, 0) is 82.4 Å². The second-order valence-electron chi connectivity index (χ2n) is 18.6. The summed E-state index contributed by atoms with van der Waals surface area (Å²) in [5, 5.41) is 15.0. The summed E-state index contributed by atoms with van der Waals surface area (Å²) in [5.74, 6) is -0.755. The molecule has 4 aromatic heterocycles. The molecule has 1 aliphatic carbocycles. The van der Waals surface area contributed by atoms with Gasteiger partial charge in [-0.3, -0.25) is 24.6 Å². The van der Waals surface area contributed by atoms with Gasteiger partial charge in [-0.1, -0.05) is 5.16 Å². The van der Waals surface area contributed by atoms with Gasteiger partial charge < -0.3 is 35.0 Å². The summed E-state index contributed by atoms with van der Waals surface area (Å²) in [6.45, 7) is 7.68. The second kappa shape index (κ2) is 18.7. The summed E-state index contributed by atoms with van der Waals surface area (Å²) in [6, 6.07) is 1.82. The molecule has 0 radical (unpaired) electrons. The van der Waals surface area contributed by atoms with E-state index >= 15 is 8.78 Å². The maximum atomic E-state index is 15.3. The van der Waals surface area contributed by atoms with Gasteiger partial charge in [-0.15, -0.1) is 0 Å². The normalized spacial score (nSPS) is 20.1. The zero-order valence-electron chi connectivity index (χ0n) is 38.0. The molecule has 1 atom stereocenters. The quantitative estimate of drug-likeness (QED) is 0.154. The first-order valence-corrected chi connectivity index (χ1v) is 23.5. The second-order valence-corrected chi connectivity index (χ2v) is 18.6. The lowest BCUT2D eigenvalue weighted by molar-refractivity contribution is -0.136. The number of carbonyl (C=O) groups is 4. The van der Waals surface area contributed by atoms with Gasteiger partial charge >= 0.3 is 6.09 Å². The summed E-state index contributed by atoms with van der Waals surface area (Å²) >= 11 is 0. The Morgan fingerprint density at radius 2 is 1.56 bits per heavy atom. The first-order chi connectivity index (χ1) is 32.9. The van der Waals surface area contributed by atoms with Gasteiger partial charge in [0.2, 0.25) is 11.8 Å². The number of nitrogens with one attached hydrogen (secondary N) is 2. The third kappa shape index (κ3) is 8.99. The third-order valence-corrected chi connectivity index (χ3v) is 13.9. The van der Waals surface area contributed by atoms with Crippen LogP contribution in [0.2, 0.25) is 0 Å².